The Labute approximate surface area is 141 Å². The van der Waals surface area contributed by atoms with Gasteiger partial charge in [-0.15, -0.1) is 0 Å². The van der Waals surface area contributed by atoms with Crippen molar-refractivity contribution in [3.05, 3.63) is 59.4 Å². The minimum atomic E-state index is -1.18. The first-order valence-corrected chi connectivity index (χ1v) is 7.51. The first-order valence-electron chi connectivity index (χ1n) is 7.51. The largest absolute Gasteiger partial charge is 0.493 e. The number of benzene rings is 2. The number of carbonyl (C=O) groups is 1. The van der Waals surface area contributed by atoms with E-state index < -0.39 is 5.97 Å². The van der Waals surface area contributed by atoms with Crippen molar-refractivity contribution in [2.75, 3.05) is 14.2 Å². The second-order valence-corrected chi connectivity index (χ2v) is 5.00. The fourth-order valence-corrected chi connectivity index (χ4v) is 2.16. The van der Waals surface area contributed by atoms with E-state index in [-0.39, 0.29) is 11.5 Å². The van der Waals surface area contributed by atoms with Gasteiger partial charge in [-0.2, -0.15) is 0 Å². The zero-order valence-corrected chi connectivity index (χ0v) is 13.9. The number of ether oxygens (including phenoxy) is 3. The van der Waals surface area contributed by atoms with Crippen LogP contribution in [0.1, 0.15) is 18.1 Å². The molecule has 0 saturated heterocycles. The average molecular weight is 328 g/mol. The lowest BCUT2D eigenvalue weighted by Gasteiger charge is -2.14. The van der Waals surface area contributed by atoms with Gasteiger partial charge in [-0.25, -0.2) is 4.79 Å². The summed E-state index contributed by atoms with van der Waals surface area (Å²) in [5.74, 6) is -0.392. The zero-order valence-electron chi connectivity index (χ0n) is 13.9. The quantitative estimate of drug-likeness (QED) is 0.619. The lowest BCUT2D eigenvalue weighted by Crippen LogP contribution is -2.09. The molecule has 2 aromatic carbocycles. The van der Waals surface area contributed by atoms with Crippen molar-refractivity contribution in [3.63, 3.8) is 0 Å². The molecule has 0 aliphatic rings. The number of carboxylic acids is 1. The van der Waals surface area contributed by atoms with Crippen molar-refractivity contribution in [1.82, 2.24) is 0 Å². The van der Waals surface area contributed by atoms with Crippen LogP contribution in [0.3, 0.4) is 0 Å². The van der Waals surface area contributed by atoms with E-state index in [2.05, 4.69) is 6.92 Å². The molecule has 24 heavy (non-hydrogen) atoms. The Balaban J connectivity index is 2.38. The summed E-state index contributed by atoms with van der Waals surface area (Å²) in [6.07, 6.45) is 2.39. The molecule has 0 atom stereocenters. The van der Waals surface area contributed by atoms with Crippen molar-refractivity contribution in [2.45, 2.75) is 13.3 Å². The van der Waals surface area contributed by atoms with E-state index in [4.69, 9.17) is 14.2 Å². The fourth-order valence-electron chi connectivity index (χ4n) is 2.16. The van der Waals surface area contributed by atoms with Gasteiger partial charge in [0.15, 0.2) is 11.5 Å². The Morgan fingerprint density at radius 1 is 1.04 bits per heavy atom. The molecule has 5 heteroatoms. The third-order valence-corrected chi connectivity index (χ3v) is 3.49. The first-order chi connectivity index (χ1) is 11.6. The molecule has 0 bridgehead atoms. The Bertz CT molecular complexity index is 710. The lowest BCUT2D eigenvalue weighted by atomic mass is 10.1. The highest BCUT2D eigenvalue weighted by molar-refractivity contribution is 5.90. The molecule has 0 saturated carbocycles. The number of para-hydroxylation sites is 1. The minimum Gasteiger partial charge on any atom is -0.493 e. The molecule has 0 spiro atoms. The SMILES string of the molecule is CCc1ccc(C=C(Oc2c(OC)cccc2OC)C(=O)O)cc1. The van der Waals surface area contributed by atoms with Gasteiger partial charge in [-0.1, -0.05) is 37.3 Å². The number of hydrogen-bond donors (Lipinski definition) is 1. The molecule has 1 N–H and O–H groups in total. The van der Waals surface area contributed by atoms with Crippen LogP contribution < -0.4 is 14.2 Å². The Kier molecular flexibility index (Phi) is 5.84. The van der Waals surface area contributed by atoms with Crippen LogP contribution >= 0.6 is 0 Å². The van der Waals surface area contributed by atoms with Gasteiger partial charge in [0, 0.05) is 0 Å². The fraction of sp³-hybridized carbons (Fsp3) is 0.211. The third kappa shape index (κ3) is 4.07. The van der Waals surface area contributed by atoms with Gasteiger partial charge in [-0.3, -0.25) is 0 Å². The third-order valence-electron chi connectivity index (χ3n) is 3.49. The summed E-state index contributed by atoms with van der Waals surface area (Å²) < 4.78 is 16.0. The Morgan fingerprint density at radius 3 is 2.08 bits per heavy atom. The van der Waals surface area contributed by atoms with Crippen LogP contribution in [-0.4, -0.2) is 25.3 Å². The molecule has 0 amide bonds. The maximum Gasteiger partial charge on any atom is 0.371 e. The topological polar surface area (TPSA) is 65.0 Å². The highest BCUT2D eigenvalue weighted by Gasteiger charge is 2.17. The lowest BCUT2D eigenvalue weighted by molar-refractivity contribution is -0.134. The van der Waals surface area contributed by atoms with Crippen molar-refractivity contribution >= 4 is 12.0 Å². The normalized spacial score (nSPS) is 11.0. The molecule has 0 heterocycles. The Hall–Kier alpha value is -2.95. The van der Waals surface area contributed by atoms with E-state index in [1.165, 1.54) is 25.9 Å². The number of rotatable bonds is 7. The predicted molar refractivity (Wildman–Crippen MR) is 91.6 cm³/mol. The summed E-state index contributed by atoms with van der Waals surface area (Å²) in [6, 6.07) is 12.7. The number of methoxy groups -OCH3 is 2. The molecular weight excluding hydrogens is 308 g/mol. The van der Waals surface area contributed by atoms with Crippen LogP contribution in [0.15, 0.2) is 48.2 Å². The maximum atomic E-state index is 11.6. The molecule has 0 aliphatic carbocycles. The Morgan fingerprint density at radius 2 is 1.62 bits per heavy atom. The minimum absolute atomic E-state index is 0.220. The summed E-state index contributed by atoms with van der Waals surface area (Å²) in [6.45, 7) is 2.06. The number of hydrogen-bond acceptors (Lipinski definition) is 4. The van der Waals surface area contributed by atoms with Crippen molar-refractivity contribution in [1.29, 1.82) is 0 Å². The van der Waals surface area contributed by atoms with Gasteiger partial charge < -0.3 is 19.3 Å². The summed E-state index contributed by atoms with van der Waals surface area (Å²) in [5, 5.41) is 9.45. The van der Waals surface area contributed by atoms with E-state index in [1.54, 1.807) is 18.2 Å². The molecule has 2 aromatic rings. The van der Waals surface area contributed by atoms with Crippen molar-refractivity contribution in [2.24, 2.45) is 0 Å². The van der Waals surface area contributed by atoms with E-state index in [9.17, 15) is 9.90 Å². The van der Waals surface area contributed by atoms with Gasteiger partial charge in [0.2, 0.25) is 11.5 Å². The van der Waals surface area contributed by atoms with Crippen LogP contribution in [0.5, 0.6) is 17.2 Å². The summed E-state index contributed by atoms with van der Waals surface area (Å²) >= 11 is 0. The summed E-state index contributed by atoms with van der Waals surface area (Å²) in [5.41, 5.74) is 1.91. The first kappa shape index (κ1) is 17.4. The van der Waals surface area contributed by atoms with E-state index in [0.717, 1.165) is 12.0 Å². The van der Waals surface area contributed by atoms with Gasteiger partial charge in [-0.05, 0) is 35.8 Å². The number of aliphatic carboxylic acids is 1. The summed E-state index contributed by atoms with van der Waals surface area (Å²) in [7, 11) is 2.96. The monoisotopic (exact) mass is 328 g/mol. The predicted octanol–water partition coefficient (Wildman–Crippen LogP) is 3.77. The second-order valence-electron chi connectivity index (χ2n) is 5.00. The second kappa shape index (κ2) is 8.06. The highest BCUT2D eigenvalue weighted by atomic mass is 16.5. The molecule has 5 nitrogen and oxygen atoms in total. The molecule has 0 aromatic heterocycles. The van der Waals surface area contributed by atoms with Gasteiger partial charge in [0.25, 0.3) is 0 Å². The van der Waals surface area contributed by atoms with E-state index in [1.807, 2.05) is 24.3 Å². The van der Waals surface area contributed by atoms with E-state index in [0.29, 0.717) is 11.5 Å². The van der Waals surface area contributed by atoms with Crippen molar-refractivity contribution in [3.8, 4) is 17.2 Å². The van der Waals surface area contributed by atoms with Crippen LogP contribution in [0.4, 0.5) is 0 Å². The standard InChI is InChI=1S/C19H20O5/c1-4-13-8-10-14(11-9-13)12-17(19(20)21)24-18-15(22-2)6-5-7-16(18)23-3/h5-12H,4H2,1-3H3,(H,20,21). The molecule has 0 fully saturated rings. The molecule has 2 rings (SSSR count). The highest BCUT2D eigenvalue weighted by Crippen LogP contribution is 2.38. The molecule has 126 valence electrons. The molecule has 0 aliphatic heterocycles. The molecule has 0 unspecified atom stereocenters. The molecule has 0 radical (unpaired) electrons. The van der Waals surface area contributed by atoms with Crippen LogP contribution in [0, 0.1) is 0 Å². The summed E-state index contributed by atoms with van der Waals surface area (Å²) in [4.78, 5) is 11.6. The van der Waals surface area contributed by atoms with Gasteiger partial charge in [0.1, 0.15) is 0 Å². The molecular formula is C19H20O5. The number of aryl methyl sites for hydroxylation is 1. The maximum absolute atomic E-state index is 11.6. The van der Waals surface area contributed by atoms with Gasteiger partial charge in [0.05, 0.1) is 14.2 Å². The van der Waals surface area contributed by atoms with Gasteiger partial charge >= 0.3 is 5.97 Å². The smallest absolute Gasteiger partial charge is 0.371 e. The van der Waals surface area contributed by atoms with Crippen LogP contribution in [-0.2, 0) is 11.2 Å². The van der Waals surface area contributed by atoms with Crippen LogP contribution in [0.25, 0.3) is 6.08 Å². The van der Waals surface area contributed by atoms with Crippen molar-refractivity contribution < 1.29 is 24.1 Å². The average Bonchev–Trinajstić information content (AvgIpc) is 2.61. The van der Waals surface area contributed by atoms with Crippen LogP contribution in [0.2, 0.25) is 0 Å². The zero-order chi connectivity index (χ0) is 17.5. The van der Waals surface area contributed by atoms with E-state index >= 15 is 0 Å². The number of carboxylic acid groups (broad SMARTS) is 1.